The molecular weight excluding hydrogens is 283 g/mol. The molecule has 0 aliphatic heterocycles. The van der Waals surface area contributed by atoms with Gasteiger partial charge in [-0.1, -0.05) is 23.2 Å². The molecule has 2 aromatic rings. The van der Waals surface area contributed by atoms with Crippen molar-refractivity contribution in [3.8, 4) is 5.75 Å². The van der Waals surface area contributed by atoms with Gasteiger partial charge in [0.05, 0.1) is 16.2 Å². The third-order valence-electron chi connectivity index (χ3n) is 3.76. The average Bonchev–Trinajstić information content (AvgIpc) is 2.94. The van der Waals surface area contributed by atoms with Crippen LogP contribution >= 0.6 is 23.2 Å². The number of fused-ring (bicyclic) bond motifs is 1. The van der Waals surface area contributed by atoms with Gasteiger partial charge >= 0.3 is 0 Å². The maximum Gasteiger partial charge on any atom is 0.120 e. The van der Waals surface area contributed by atoms with Crippen LogP contribution in [0.4, 0.5) is 0 Å². The van der Waals surface area contributed by atoms with Crippen molar-refractivity contribution >= 4 is 23.2 Å². The molecule has 3 nitrogen and oxygen atoms in total. The molecule has 19 heavy (non-hydrogen) atoms. The first-order chi connectivity index (χ1) is 9.11. The van der Waals surface area contributed by atoms with E-state index in [1.54, 1.807) is 12.1 Å². The minimum absolute atomic E-state index is 0.178. The molecule has 1 aliphatic rings. The summed E-state index contributed by atoms with van der Waals surface area (Å²) in [4.78, 5) is 0. The highest BCUT2D eigenvalue weighted by molar-refractivity contribution is 6.42. The van der Waals surface area contributed by atoms with Crippen LogP contribution in [0.25, 0.3) is 0 Å². The van der Waals surface area contributed by atoms with Crippen LogP contribution in [0, 0.1) is 0 Å². The van der Waals surface area contributed by atoms with Gasteiger partial charge in [0.1, 0.15) is 5.75 Å². The Morgan fingerprint density at radius 2 is 2.16 bits per heavy atom. The Bertz CT molecular complexity index is 637. The highest BCUT2D eigenvalue weighted by Crippen LogP contribution is 2.43. The van der Waals surface area contributed by atoms with Crippen molar-refractivity contribution in [2.24, 2.45) is 0 Å². The number of phenolic OH excluding ortho intramolecular Hbond substituents is 1. The quantitative estimate of drug-likeness (QED) is 0.915. The van der Waals surface area contributed by atoms with Crippen molar-refractivity contribution in [2.75, 3.05) is 0 Å². The van der Waals surface area contributed by atoms with Crippen molar-refractivity contribution in [3.63, 3.8) is 0 Å². The Hall–Kier alpha value is -1.19. The molecule has 1 atom stereocenters. The van der Waals surface area contributed by atoms with Gasteiger partial charge in [-0.15, -0.1) is 0 Å². The van der Waals surface area contributed by atoms with Crippen molar-refractivity contribution in [3.05, 3.63) is 45.2 Å². The third-order valence-corrected chi connectivity index (χ3v) is 4.58. The van der Waals surface area contributed by atoms with E-state index in [0.717, 1.165) is 24.9 Å². The largest absolute Gasteiger partial charge is 0.508 e. The van der Waals surface area contributed by atoms with E-state index in [0.29, 0.717) is 10.0 Å². The fourth-order valence-electron chi connectivity index (χ4n) is 2.85. The number of aromatic hydroxyl groups is 1. The molecule has 1 aromatic carbocycles. The van der Waals surface area contributed by atoms with E-state index < -0.39 is 0 Å². The maximum absolute atomic E-state index is 10.1. The zero-order valence-electron chi connectivity index (χ0n) is 10.5. The first-order valence-corrected chi connectivity index (χ1v) is 7.07. The second-order valence-corrected chi connectivity index (χ2v) is 5.62. The van der Waals surface area contributed by atoms with E-state index in [1.165, 1.54) is 11.3 Å². The number of aromatic nitrogens is 2. The predicted molar refractivity (Wildman–Crippen MR) is 76.2 cm³/mol. The number of rotatable bonds is 2. The zero-order chi connectivity index (χ0) is 13.6. The first-order valence-electron chi connectivity index (χ1n) is 6.32. The molecule has 100 valence electrons. The van der Waals surface area contributed by atoms with E-state index in [1.807, 2.05) is 10.9 Å². The summed E-state index contributed by atoms with van der Waals surface area (Å²) in [5.74, 6) is 0.401. The standard InChI is InChI=1S/C14H14Cl2N2O/c1-2-18-11-6-8(5-9(11)7-17-18)13-12(19)4-3-10(15)14(13)16/h3-4,7-8,19H,2,5-6H2,1H3/t8-/m1/s1. The molecule has 0 unspecified atom stereocenters. The van der Waals surface area contributed by atoms with Gasteiger partial charge in [0.2, 0.25) is 0 Å². The lowest BCUT2D eigenvalue weighted by Gasteiger charge is -2.15. The van der Waals surface area contributed by atoms with Gasteiger partial charge in [-0.05, 0) is 43.4 Å². The Balaban J connectivity index is 1.99. The van der Waals surface area contributed by atoms with E-state index in [2.05, 4.69) is 12.0 Å². The molecule has 0 saturated heterocycles. The lowest BCUT2D eigenvalue weighted by Crippen LogP contribution is -2.05. The second kappa shape index (κ2) is 4.73. The van der Waals surface area contributed by atoms with Gasteiger partial charge in [0.15, 0.2) is 0 Å². The Kier molecular flexibility index (Phi) is 3.19. The normalized spacial score (nSPS) is 17.7. The summed E-state index contributed by atoms with van der Waals surface area (Å²) in [6.45, 7) is 2.93. The molecule has 0 radical (unpaired) electrons. The first kappa shape index (κ1) is 12.8. The molecule has 5 heteroatoms. The van der Waals surface area contributed by atoms with Crippen LogP contribution in [0.5, 0.6) is 5.75 Å². The molecule has 1 aliphatic carbocycles. The number of hydrogen-bond donors (Lipinski definition) is 1. The predicted octanol–water partition coefficient (Wildman–Crippen LogP) is 3.80. The third kappa shape index (κ3) is 2.01. The molecule has 1 heterocycles. The van der Waals surface area contributed by atoms with Crippen LogP contribution in [0.3, 0.4) is 0 Å². The summed E-state index contributed by atoms with van der Waals surface area (Å²) in [5.41, 5.74) is 3.23. The zero-order valence-corrected chi connectivity index (χ0v) is 12.0. The number of benzene rings is 1. The monoisotopic (exact) mass is 296 g/mol. The number of phenols is 1. The van der Waals surface area contributed by atoms with Crippen LogP contribution in [0.1, 0.15) is 29.7 Å². The molecule has 0 spiro atoms. The van der Waals surface area contributed by atoms with Gasteiger partial charge in [0.25, 0.3) is 0 Å². The molecule has 3 rings (SSSR count). The van der Waals surface area contributed by atoms with Gasteiger partial charge in [-0.25, -0.2) is 0 Å². The molecular formula is C14H14Cl2N2O. The van der Waals surface area contributed by atoms with Crippen LogP contribution in [0.15, 0.2) is 18.3 Å². The molecule has 1 aromatic heterocycles. The average molecular weight is 297 g/mol. The van der Waals surface area contributed by atoms with Crippen molar-refractivity contribution in [1.29, 1.82) is 0 Å². The smallest absolute Gasteiger partial charge is 0.120 e. The topological polar surface area (TPSA) is 38.0 Å². The lowest BCUT2D eigenvalue weighted by molar-refractivity contribution is 0.461. The lowest BCUT2D eigenvalue weighted by atomic mass is 9.95. The van der Waals surface area contributed by atoms with Crippen LogP contribution in [-0.4, -0.2) is 14.9 Å². The Morgan fingerprint density at radius 1 is 1.37 bits per heavy atom. The van der Waals surface area contributed by atoms with Gasteiger partial charge in [-0.3, -0.25) is 4.68 Å². The molecule has 0 bridgehead atoms. The molecule has 0 fully saturated rings. The highest BCUT2D eigenvalue weighted by Gasteiger charge is 2.30. The van der Waals surface area contributed by atoms with E-state index in [9.17, 15) is 5.11 Å². The fourth-order valence-corrected chi connectivity index (χ4v) is 3.33. The van der Waals surface area contributed by atoms with E-state index in [-0.39, 0.29) is 11.7 Å². The van der Waals surface area contributed by atoms with E-state index >= 15 is 0 Å². The van der Waals surface area contributed by atoms with Crippen molar-refractivity contribution in [2.45, 2.75) is 32.2 Å². The number of halogens is 2. The summed E-state index contributed by atoms with van der Waals surface area (Å²) in [7, 11) is 0. The van der Waals surface area contributed by atoms with Gasteiger partial charge in [-0.2, -0.15) is 5.10 Å². The Morgan fingerprint density at radius 3 is 2.89 bits per heavy atom. The van der Waals surface area contributed by atoms with Crippen LogP contribution in [-0.2, 0) is 19.4 Å². The summed E-state index contributed by atoms with van der Waals surface area (Å²) in [6, 6.07) is 3.23. The summed E-state index contributed by atoms with van der Waals surface area (Å²) >= 11 is 12.3. The summed E-state index contributed by atoms with van der Waals surface area (Å²) in [6.07, 6.45) is 3.61. The van der Waals surface area contributed by atoms with E-state index in [4.69, 9.17) is 23.2 Å². The SMILES string of the molecule is CCn1ncc2c1C[C@H](c1c(O)ccc(Cl)c1Cl)C2. The summed E-state index contributed by atoms with van der Waals surface area (Å²) in [5, 5.41) is 15.3. The van der Waals surface area contributed by atoms with Crippen LogP contribution < -0.4 is 0 Å². The van der Waals surface area contributed by atoms with Gasteiger partial charge < -0.3 is 5.11 Å². The number of aryl methyl sites for hydroxylation is 1. The molecule has 0 saturated carbocycles. The van der Waals surface area contributed by atoms with Crippen LogP contribution in [0.2, 0.25) is 10.0 Å². The van der Waals surface area contributed by atoms with Gasteiger partial charge in [0, 0.05) is 17.8 Å². The molecule has 0 amide bonds. The van der Waals surface area contributed by atoms with Crippen molar-refractivity contribution in [1.82, 2.24) is 9.78 Å². The fraction of sp³-hybridized carbons (Fsp3) is 0.357. The minimum Gasteiger partial charge on any atom is -0.508 e. The summed E-state index contributed by atoms with van der Waals surface area (Å²) < 4.78 is 2.00. The maximum atomic E-state index is 10.1. The second-order valence-electron chi connectivity index (χ2n) is 4.83. The Labute approximate surface area is 121 Å². The van der Waals surface area contributed by atoms with Crippen molar-refractivity contribution < 1.29 is 5.11 Å². The number of hydrogen-bond acceptors (Lipinski definition) is 2. The number of nitrogens with zero attached hydrogens (tertiary/aromatic N) is 2. The molecule has 1 N–H and O–H groups in total. The minimum atomic E-state index is 0.178. The highest BCUT2D eigenvalue weighted by atomic mass is 35.5.